The number of hydrogen-bond donors (Lipinski definition) is 8. The lowest BCUT2D eigenvalue weighted by Crippen LogP contribution is -2.64. The summed E-state index contributed by atoms with van der Waals surface area (Å²) in [7, 11) is -10.7. The fraction of sp³-hybridized carbons (Fsp3) is 0.689. The molecule has 0 aromatic carbocycles. The Morgan fingerprint density at radius 1 is 0.594 bits per heavy atom. The Kier molecular flexibility index (Phi) is 33.0. The van der Waals surface area contributed by atoms with Crippen LogP contribution in [0.1, 0.15) is 136 Å². The van der Waals surface area contributed by atoms with Gasteiger partial charge in [0, 0.05) is 12.8 Å². The molecule has 1 fully saturated rings. The first-order valence-electron chi connectivity index (χ1n) is 22.6. The molecule has 0 bridgehead atoms. The number of hydrogen-bond acceptors (Lipinski definition) is 14. The van der Waals surface area contributed by atoms with E-state index in [1.807, 2.05) is 30.4 Å². The second-order valence-electron chi connectivity index (χ2n) is 15.6. The number of allylic oxidation sites excluding steroid dienone is 11. The predicted molar refractivity (Wildman–Crippen MR) is 242 cm³/mol. The van der Waals surface area contributed by atoms with E-state index in [2.05, 4.69) is 54.8 Å². The van der Waals surface area contributed by atoms with E-state index < -0.39 is 89.6 Å². The molecule has 1 rings (SSSR count). The third kappa shape index (κ3) is 29.8. The molecule has 368 valence electrons. The van der Waals surface area contributed by atoms with Crippen molar-refractivity contribution in [2.75, 3.05) is 13.2 Å². The molecule has 0 heterocycles. The fourth-order valence-corrected chi connectivity index (χ4v) is 7.87. The van der Waals surface area contributed by atoms with Gasteiger partial charge in [-0.25, -0.2) is 9.13 Å². The first-order valence-corrected chi connectivity index (χ1v) is 25.6. The maximum absolute atomic E-state index is 13.0. The highest BCUT2D eigenvalue weighted by Crippen LogP contribution is 2.49. The van der Waals surface area contributed by atoms with Crippen molar-refractivity contribution in [3.63, 3.8) is 0 Å². The van der Waals surface area contributed by atoms with Gasteiger partial charge in [0.1, 0.15) is 43.2 Å². The monoisotopic (exact) mass is 950 g/mol. The third-order valence-electron chi connectivity index (χ3n) is 9.87. The highest BCUT2D eigenvalue weighted by molar-refractivity contribution is 7.47. The topological polar surface area (TPSA) is 276 Å². The van der Waals surface area contributed by atoms with Crippen LogP contribution in [-0.2, 0) is 41.8 Å². The fourth-order valence-electron chi connectivity index (χ4n) is 6.33. The smallest absolute Gasteiger partial charge is 0.462 e. The van der Waals surface area contributed by atoms with Gasteiger partial charge in [0.2, 0.25) is 0 Å². The number of carbonyl (C=O) groups is 2. The van der Waals surface area contributed by atoms with Crippen molar-refractivity contribution < 1.29 is 82.0 Å². The van der Waals surface area contributed by atoms with E-state index >= 15 is 0 Å². The Balaban J connectivity index is 2.69. The molecule has 0 aromatic heterocycles. The molecule has 64 heavy (non-hydrogen) atoms. The second-order valence-corrected chi connectivity index (χ2v) is 18.2. The minimum atomic E-state index is -5.38. The lowest BCUT2D eigenvalue weighted by Gasteiger charge is -2.43. The van der Waals surface area contributed by atoms with Crippen molar-refractivity contribution in [2.24, 2.45) is 0 Å². The second kappa shape index (κ2) is 35.6. The van der Waals surface area contributed by atoms with Crippen LogP contribution in [0.25, 0.3) is 0 Å². The molecule has 8 N–H and O–H groups in total. The van der Waals surface area contributed by atoms with Gasteiger partial charge in [0.25, 0.3) is 0 Å². The first-order chi connectivity index (χ1) is 30.5. The van der Waals surface area contributed by atoms with Crippen molar-refractivity contribution in [3.8, 4) is 0 Å². The van der Waals surface area contributed by atoms with Gasteiger partial charge >= 0.3 is 27.6 Å². The highest BCUT2D eigenvalue weighted by Gasteiger charge is 2.54. The Morgan fingerprint density at radius 2 is 1.14 bits per heavy atom. The summed E-state index contributed by atoms with van der Waals surface area (Å²) >= 11 is 0. The number of phosphoric acid groups is 2. The molecular weight excluding hydrogens is 874 g/mol. The van der Waals surface area contributed by atoms with Crippen molar-refractivity contribution in [3.05, 3.63) is 72.9 Å². The van der Waals surface area contributed by atoms with E-state index in [1.54, 1.807) is 6.08 Å². The number of aliphatic hydroxyl groups is 5. The molecule has 0 saturated heterocycles. The zero-order valence-corrected chi connectivity index (χ0v) is 39.3. The number of unbranched alkanes of at least 4 members (excludes halogenated alkanes) is 9. The van der Waals surface area contributed by atoms with Crippen molar-refractivity contribution >= 4 is 27.6 Å². The summed E-state index contributed by atoms with van der Waals surface area (Å²) in [6.07, 6.45) is 23.1. The number of aliphatic hydroxyl groups excluding tert-OH is 5. The van der Waals surface area contributed by atoms with E-state index in [4.69, 9.17) is 28.3 Å². The minimum Gasteiger partial charge on any atom is -0.462 e. The van der Waals surface area contributed by atoms with Gasteiger partial charge in [-0.2, -0.15) is 0 Å². The summed E-state index contributed by atoms with van der Waals surface area (Å²) in [5, 5.41) is 51.3. The molecule has 0 aromatic rings. The molecule has 17 nitrogen and oxygen atoms in total. The SMILES string of the molecule is CC/C=C/C/C=C/C=C/C(O)CCCCCCCC(=O)OC[C@H](COP(=O)(O)O[C@H]1C(O)C(O)C(O)[C@@H](OP(=O)(O)O)C1O)OC(=O)CCCC/C=C\C/C=C\C/C=C\CCCCC. The Morgan fingerprint density at radius 3 is 1.78 bits per heavy atom. The summed E-state index contributed by atoms with van der Waals surface area (Å²) in [6, 6.07) is 0. The molecule has 0 aliphatic heterocycles. The summed E-state index contributed by atoms with van der Waals surface area (Å²) < 4.78 is 49.2. The molecule has 0 radical (unpaired) electrons. The van der Waals surface area contributed by atoms with Crippen molar-refractivity contribution in [1.29, 1.82) is 0 Å². The van der Waals surface area contributed by atoms with Gasteiger partial charge in [-0.1, -0.05) is 125 Å². The lowest BCUT2D eigenvalue weighted by atomic mass is 9.85. The molecule has 6 unspecified atom stereocenters. The van der Waals surface area contributed by atoms with E-state index in [9.17, 15) is 49.1 Å². The first kappa shape index (κ1) is 59.4. The summed E-state index contributed by atoms with van der Waals surface area (Å²) in [4.78, 5) is 54.2. The average Bonchev–Trinajstić information content (AvgIpc) is 3.24. The van der Waals surface area contributed by atoms with Crippen LogP contribution in [0.4, 0.5) is 0 Å². The zero-order chi connectivity index (χ0) is 47.6. The predicted octanol–water partition coefficient (Wildman–Crippen LogP) is 7.03. The van der Waals surface area contributed by atoms with Crippen LogP contribution in [0, 0.1) is 0 Å². The van der Waals surface area contributed by atoms with Crippen LogP contribution >= 0.6 is 15.6 Å². The number of esters is 2. The van der Waals surface area contributed by atoms with Crippen molar-refractivity contribution in [1.82, 2.24) is 0 Å². The molecule has 0 amide bonds. The maximum atomic E-state index is 13.0. The van der Waals surface area contributed by atoms with Gasteiger partial charge in [-0.15, -0.1) is 0 Å². The van der Waals surface area contributed by atoms with E-state index in [1.165, 1.54) is 19.3 Å². The van der Waals surface area contributed by atoms with E-state index in [0.29, 0.717) is 32.1 Å². The van der Waals surface area contributed by atoms with Gasteiger partial charge in [0.05, 0.1) is 12.7 Å². The molecule has 1 aliphatic rings. The quantitative estimate of drug-likeness (QED) is 0.0103. The van der Waals surface area contributed by atoms with Crippen LogP contribution in [0.2, 0.25) is 0 Å². The van der Waals surface area contributed by atoms with Crippen LogP contribution in [0.3, 0.4) is 0 Å². The summed E-state index contributed by atoms with van der Waals surface area (Å²) in [5.74, 6) is -1.33. The number of ether oxygens (including phenoxy) is 2. The van der Waals surface area contributed by atoms with Crippen molar-refractivity contribution in [2.45, 2.75) is 185 Å². The van der Waals surface area contributed by atoms with Crippen LogP contribution in [-0.4, -0.2) is 114 Å². The van der Waals surface area contributed by atoms with Gasteiger partial charge in [-0.05, 0) is 70.6 Å². The molecule has 0 spiro atoms. The minimum absolute atomic E-state index is 0.0288. The standard InChI is InChI=1S/C45H76O17P2/c1-3-5-7-9-11-12-13-14-15-16-17-18-20-24-29-33-39(48)60-37(34-58-38(47)32-28-25-21-23-27-31-36(46)30-26-22-19-10-8-6-4-2)35-59-64(56,57)62-45-42(51)40(49)41(50)44(43(45)52)61-63(53,54)55/h6,8,11-12,14-15,17-19,22,26,30,36-37,40-46,49-52H,3-5,7,9-10,13,16,20-21,23-25,27-29,31-35H2,1-2H3,(H,56,57)(H2,53,54,55)/b8-6+,12-11-,15-14-,18-17-,22-19+,30-26+/t36?,37-,40?,41?,42?,43?,44-,45+/m1/s1. The zero-order valence-electron chi connectivity index (χ0n) is 37.5. The molecule has 19 heteroatoms. The summed E-state index contributed by atoms with van der Waals surface area (Å²) in [6.45, 7) is 2.81. The normalized spacial score (nSPS) is 23.0. The average molecular weight is 951 g/mol. The maximum Gasteiger partial charge on any atom is 0.472 e. The van der Waals surface area contributed by atoms with Crippen LogP contribution in [0.5, 0.6) is 0 Å². The molecule has 9 atom stereocenters. The highest BCUT2D eigenvalue weighted by atomic mass is 31.2. The molecular formula is C45H76O17P2. The van der Waals surface area contributed by atoms with Gasteiger partial charge < -0.3 is 49.7 Å². The van der Waals surface area contributed by atoms with Crippen LogP contribution in [0.15, 0.2) is 72.9 Å². The van der Waals surface area contributed by atoms with Gasteiger partial charge in [0.15, 0.2) is 6.10 Å². The number of phosphoric ester groups is 2. The number of rotatable bonds is 36. The van der Waals surface area contributed by atoms with E-state index in [-0.39, 0.29) is 12.8 Å². The van der Waals surface area contributed by atoms with Gasteiger partial charge in [-0.3, -0.25) is 23.2 Å². The van der Waals surface area contributed by atoms with Crippen LogP contribution < -0.4 is 0 Å². The molecule has 1 saturated carbocycles. The Hall–Kier alpha value is -2.60. The Labute approximate surface area is 379 Å². The largest absolute Gasteiger partial charge is 0.472 e. The Bertz CT molecular complexity index is 1540. The lowest BCUT2D eigenvalue weighted by molar-refractivity contribution is -0.216. The van der Waals surface area contributed by atoms with E-state index in [0.717, 1.165) is 57.8 Å². The molecule has 1 aliphatic carbocycles. The third-order valence-corrected chi connectivity index (χ3v) is 11.4. The number of carbonyl (C=O) groups excluding carboxylic acids is 2. The summed E-state index contributed by atoms with van der Waals surface area (Å²) in [5.41, 5.74) is 0.